The summed E-state index contributed by atoms with van der Waals surface area (Å²) < 4.78 is 1.55. The summed E-state index contributed by atoms with van der Waals surface area (Å²) in [5.41, 5.74) is 3.94. The Bertz CT molecular complexity index is 1310. The number of carbonyl (C=O) groups excluding carboxylic acids is 1. The molecular weight excluding hydrogens is 406 g/mol. The summed E-state index contributed by atoms with van der Waals surface area (Å²) in [7, 11) is 0. The molecule has 0 saturated carbocycles. The van der Waals surface area contributed by atoms with Gasteiger partial charge in [-0.3, -0.25) is 14.2 Å². The number of rotatable bonds is 4. The Labute approximate surface area is 184 Å². The van der Waals surface area contributed by atoms with Gasteiger partial charge in [-0.05, 0) is 47.5 Å². The highest BCUT2D eigenvalue weighted by atomic mass is 32.1. The van der Waals surface area contributed by atoms with Crippen LogP contribution in [0.4, 0.5) is 0 Å². The average Bonchev–Trinajstić information content (AvgIpc) is 3.28. The van der Waals surface area contributed by atoms with Gasteiger partial charge in [0.2, 0.25) is 5.91 Å². The van der Waals surface area contributed by atoms with Crippen molar-refractivity contribution in [2.24, 2.45) is 0 Å². The van der Waals surface area contributed by atoms with Crippen LogP contribution in [0.3, 0.4) is 0 Å². The highest BCUT2D eigenvalue weighted by Crippen LogP contribution is 2.38. The second kappa shape index (κ2) is 8.12. The topological polar surface area (TPSA) is 55.2 Å². The molecule has 2 aromatic carbocycles. The van der Waals surface area contributed by atoms with Crippen LogP contribution < -0.4 is 5.56 Å². The number of carbonyl (C=O) groups is 1. The number of aromatic nitrogens is 2. The first-order valence-corrected chi connectivity index (χ1v) is 11.4. The number of thiophene rings is 1. The summed E-state index contributed by atoms with van der Waals surface area (Å²) >= 11 is 1.76. The van der Waals surface area contributed by atoms with Gasteiger partial charge in [0.25, 0.3) is 5.56 Å². The second-order valence-electron chi connectivity index (χ2n) is 7.91. The predicted molar refractivity (Wildman–Crippen MR) is 123 cm³/mol. The van der Waals surface area contributed by atoms with Crippen LogP contribution >= 0.6 is 11.3 Å². The van der Waals surface area contributed by atoms with Crippen LogP contribution in [-0.2, 0) is 17.8 Å². The number of benzene rings is 2. The summed E-state index contributed by atoms with van der Waals surface area (Å²) in [6, 6.07) is 17.9. The molecule has 1 amide bonds. The maximum Gasteiger partial charge on any atom is 0.261 e. The third kappa shape index (κ3) is 3.57. The lowest BCUT2D eigenvalue weighted by Gasteiger charge is -2.36. The SMILES string of the molecule is Cc1cccc2c(=O)n(CCC(=O)N3CCc4sccc4[C@@H]3c3ccccc3)cnc12. The zero-order valence-electron chi connectivity index (χ0n) is 17.3. The van der Waals surface area contributed by atoms with E-state index in [9.17, 15) is 9.59 Å². The summed E-state index contributed by atoms with van der Waals surface area (Å²) in [6.07, 6.45) is 2.70. The van der Waals surface area contributed by atoms with Gasteiger partial charge in [-0.2, -0.15) is 0 Å². The molecule has 2 aromatic heterocycles. The van der Waals surface area contributed by atoms with Crippen LogP contribution in [0.2, 0.25) is 0 Å². The Balaban J connectivity index is 1.41. The number of hydrogen-bond donors (Lipinski definition) is 0. The highest BCUT2D eigenvalue weighted by Gasteiger charge is 2.32. The lowest BCUT2D eigenvalue weighted by Crippen LogP contribution is -2.40. The van der Waals surface area contributed by atoms with Crippen molar-refractivity contribution < 1.29 is 4.79 Å². The third-order valence-electron chi connectivity index (χ3n) is 6.02. The van der Waals surface area contributed by atoms with Crippen LogP contribution in [0.1, 0.15) is 34.0 Å². The normalized spacial score (nSPS) is 15.8. The molecule has 156 valence electrons. The number of fused-ring (bicyclic) bond motifs is 2. The van der Waals surface area contributed by atoms with Gasteiger partial charge < -0.3 is 4.90 Å². The first kappa shape index (κ1) is 19.7. The minimum atomic E-state index is -0.0973. The van der Waals surface area contributed by atoms with Gasteiger partial charge >= 0.3 is 0 Å². The fourth-order valence-corrected chi connectivity index (χ4v) is 5.34. The summed E-state index contributed by atoms with van der Waals surface area (Å²) in [5.74, 6) is 0.0574. The Morgan fingerprint density at radius 3 is 2.81 bits per heavy atom. The van der Waals surface area contributed by atoms with Crippen LogP contribution in [0.25, 0.3) is 10.9 Å². The van der Waals surface area contributed by atoms with E-state index < -0.39 is 0 Å². The molecule has 31 heavy (non-hydrogen) atoms. The van der Waals surface area contributed by atoms with Crippen LogP contribution in [0, 0.1) is 6.92 Å². The van der Waals surface area contributed by atoms with Gasteiger partial charge in [-0.25, -0.2) is 4.98 Å². The first-order valence-electron chi connectivity index (χ1n) is 10.5. The van der Waals surface area contributed by atoms with Gasteiger partial charge in [0.05, 0.1) is 23.3 Å². The summed E-state index contributed by atoms with van der Waals surface area (Å²) in [5, 5.41) is 2.70. The van der Waals surface area contributed by atoms with Crippen molar-refractivity contribution in [1.82, 2.24) is 14.5 Å². The van der Waals surface area contributed by atoms with Crippen molar-refractivity contribution in [3.63, 3.8) is 0 Å². The summed E-state index contributed by atoms with van der Waals surface area (Å²) in [4.78, 5) is 34.0. The van der Waals surface area contributed by atoms with Crippen molar-refractivity contribution in [1.29, 1.82) is 0 Å². The molecule has 0 N–H and O–H groups in total. The zero-order valence-corrected chi connectivity index (χ0v) is 18.1. The number of aryl methyl sites for hydroxylation is 2. The van der Waals surface area contributed by atoms with Gasteiger partial charge in [0, 0.05) is 24.4 Å². The quantitative estimate of drug-likeness (QED) is 0.485. The smallest absolute Gasteiger partial charge is 0.261 e. The van der Waals surface area contributed by atoms with Crippen molar-refractivity contribution in [2.75, 3.05) is 6.54 Å². The molecule has 1 aliphatic rings. The van der Waals surface area contributed by atoms with E-state index in [-0.39, 0.29) is 23.9 Å². The fraction of sp³-hybridized carbons (Fsp3) is 0.240. The minimum Gasteiger partial charge on any atom is -0.331 e. The van der Waals surface area contributed by atoms with Crippen LogP contribution in [0.15, 0.2) is 71.1 Å². The van der Waals surface area contributed by atoms with Gasteiger partial charge in [0.1, 0.15) is 0 Å². The number of para-hydroxylation sites is 1. The molecular formula is C25H23N3O2S. The molecule has 6 heteroatoms. The van der Waals surface area contributed by atoms with Crippen molar-refractivity contribution in [3.8, 4) is 0 Å². The first-order chi connectivity index (χ1) is 15.1. The van der Waals surface area contributed by atoms with E-state index in [1.54, 1.807) is 28.3 Å². The van der Waals surface area contributed by atoms with Crippen molar-refractivity contribution in [3.05, 3.63) is 98.2 Å². The van der Waals surface area contributed by atoms with E-state index >= 15 is 0 Å². The van der Waals surface area contributed by atoms with E-state index in [0.717, 1.165) is 23.1 Å². The van der Waals surface area contributed by atoms with E-state index in [1.807, 2.05) is 42.2 Å². The molecule has 0 radical (unpaired) electrons. The van der Waals surface area contributed by atoms with E-state index in [0.29, 0.717) is 18.5 Å². The monoisotopic (exact) mass is 429 g/mol. The standard InChI is InChI=1S/C25H23N3O2S/c1-17-6-5-9-20-23(17)26-16-27(25(20)30)13-11-22(29)28-14-10-21-19(12-15-31-21)24(28)18-7-3-2-4-8-18/h2-9,12,15-16,24H,10-11,13-14H2,1H3/t24-/m0/s1. The Kier molecular flexibility index (Phi) is 5.16. The second-order valence-corrected chi connectivity index (χ2v) is 8.91. The Hall–Kier alpha value is -3.25. The van der Waals surface area contributed by atoms with E-state index in [1.165, 1.54) is 10.4 Å². The predicted octanol–water partition coefficient (Wildman–Crippen LogP) is 4.33. The maximum atomic E-state index is 13.3. The molecule has 4 aromatic rings. The van der Waals surface area contributed by atoms with Gasteiger partial charge in [-0.15, -0.1) is 11.3 Å². The molecule has 0 aliphatic carbocycles. The molecule has 5 rings (SSSR count). The number of amides is 1. The van der Waals surface area contributed by atoms with Crippen LogP contribution in [-0.4, -0.2) is 26.9 Å². The third-order valence-corrected chi connectivity index (χ3v) is 7.02. The van der Waals surface area contributed by atoms with Gasteiger partial charge in [-0.1, -0.05) is 42.5 Å². The molecule has 0 saturated heterocycles. The van der Waals surface area contributed by atoms with E-state index in [2.05, 4.69) is 28.6 Å². The molecule has 1 aliphatic heterocycles. The highest BCUT2D eigenvalue weighted by molar-refractivity contribution is 7.10. The fourth-order valence-electron chi connectivity index (χ4n) is 4.44. The summed E-state index contributed by atoms with van der Waals surface area (Å²) in [6.45, 7) is 2.96. The Morgan fingerprint density at radius 1 is 1.13 bits per heavy atom. The van der Waals surface area contributed by atoms with Crippen molar-refractivity contribution in [2.45, 2.75) is 32.4 Å². The van der Waals surface area contributed by atoms with Crippen LogP contribution in [0.5, 0.6) is 0 Å². The maximum absolute atomic E-state index is 13.3. The molecule has 0 spiro atoms. The molecule has 0 fully saturated rings. The molecule has 0 unspecified atom stereocenters. The van der Waals surface area contributed by atoms with Gasteiger partial charge in [0.15, 0.2) is 0 Å². The lowest BCUT2D eigenvalue weighted by atomic mass is 9.93. The average molecular weight is 430 g/mol. The molecule has 1 atom stereocenters. The van der Waals surface area contributed by atoms with E-state index in [4.69, 9.17) is 0 Å². The number of nitrogens with zero attached hydrogens (tertiary/aromatic N) is 3. The minimum absolute atomic E-state index is 0.0574. The molecule has 3 heterocycles. The largest absolute Gasteiger partial charge is 0.331 e. The Morgan fingerprint density at radius 2 is 1.97 bits per heavy atom. The molecule has 0 bridgehead atoms. The van der Waals surface area contributed by atoms with Crippen molar-refractivity contribution >= 4 is 28.1 Å². The molecule has 5 nitrogen and oxygen atoms in total. The lowest BCUT2D eigenvalue weighted by molar-refractivity contribution is -0.133. The zero-order chi connectivity index (χ0) is 21.4. The number of hydrogen-bond acceptors (Lipinski definition) is 4.